The van der Waals surface area contributed by atoms with E-state index in [2.05, 4.69) is 5.14 Å². The zero-order chi connectivity index (χ0) is 13.5. The zero-order valence-electron chi connectivity index (χ0n) is 8.78. The highest BCUT2D eigenvalue weighted by molar-refractivity contribution is 7.83. The van der Waals surface area contributed by atoms with Gasteiger partial charge in [-0.2, -0.15) is 8.42 Å². The number of hydrogen-bond donors (Lipinski definition) is 4. The van der Waals surface area contributed by atoms with Crippen LogP contribution in [-0.4, -0.2) is 35.8 Å². The number of nitrogens with two attached hydrogens (primary N) is 1. The first-order valence-electron chi connectivity index (χ1n) is 4.43. The van der Waals surface area contributed by atoms with Crippen LogP contribution in [0.4, 0.5) is 0 Å². The number of hydrogen-bond acceptors (Lipinski definition) is 4. The van der Waals surface area contributed by atoms with Crippen LogP contribution in [0.15, 0.2) is 24.3 Å². The molecule has 0 fully saturated rings. The molecule has 0 saturated heterocycles. The van der Waals surface area contributed by atoms with Crippen LogP contribution < -0.4 is 5.14 Å². The lowest BCUT2D eigenvalue weighted by Crippen LogP contribution is -2.08. The van der Waals surface area contributed by atoms with Crippen LogP contribution in [0.25, 0.3) is 0 Å². The summed E-state index contributed by atoms with van der Waals surface area (Å²) in [7, 11) is -4.17. The number of carbonyl (C=O) groups is 1. The van der Waals surface area contributed by atoms with E-state index in [0.717, 1.165) is 0 Å². The fourth-order valence-corrected chi connectivity index (χ4v) is 1.07. The van der Waals surface area contributed by atoms with Gasteiger partial charge in [0.15, 0.2) is 0 Å². The largest absolute Gasteiger partial charge is 0.478 e. The zero-order valence-corrected chi connectivity index (χ0v) is 9.59. The van der Waals surface area contributed by atoms with E-state index < -0.39 is 16.3 Å². The number of rotatable bonds is 3. The number of benzene rings is 1. The van der Waals surface area contributed by atoms with Crippen molar-refractivity contribution in [2.24, 2.45) is 5.14 Å². The molecular weight excluding hydrogens is 250 g/mol. The smallest absolute Gasteiger partial charge is 0.335 e. The van der Waals surface area contributed by atoms with E-state index in [1.807, 2.05) is 0 Å². The van der Waals surface area contributed by atoms with Crippen molar-refractivity contribution in [2.45, 2.75) is 6.42 Å². The van der Waals surface area contributed by atoms with E-state index in [1.165, 1.54) is 6.07 Å². The summed E-state index contributed by atoms with van der Waals surface area (Å²) >= 11 is 0. The quantitative estimate of drug-likeness (QED) is 0.551. The first-order chi connectivity index (χ1) is 7.75. The van der Waals surface area contributed by atoms with Gasteiger partial charge in [0.25, 0.3) is 0 Å². The Balaban J connectivity index is 0.000000437. The molecule has 0 aliphatic heterocycles. The molecule has 0 bridgehead atoms. The highest BCUT2D eigenvalue weighted by Gasteiger charge is 2.07. The average Bonchev–Trinajstić information content (AvgIpc) is 2.16. The molecule has 0 atom stereocenters. The first kappa shape index (κ1) is 15.5. The Hall–Kier alpha value is -1.48. The predicted molar refractivity (Wildman–Crippen MR) is 59.9 cm³/mol. The Morgan fingerprint density at radius 2 is 1.76 bits per heavy atom. The van der Waals surface area contributed by atoms with Crippen molar-refractivity contribution >= 4 is 16.3 Å². The van der Waals surface area contributed by atoms with Crippen molar-refractivity contribution in [3.63, 3.8) is 0 Å². The van der Waals surface area contributed by atoms with Gasteiger partial charge in [0, 0.05) is 6.61 Å². The summed E-state index contributed by atoms with van der Waals surface area (Å²) in [4.78, 5) is 10.6. The fourth-order valence-electron chi connectivity index (χ4n) is 1.07. The van der Waals surface area contributed by atoms with Gasteiger partial charge < -0.3 is 10.2 Å². The summed E-state index contributed by atoms with van der Waals surface area (Å²) in [5.74, 6) is -0.945. The lowest BCUT2D eigenvalue weighted by atomic mass is 10.1. The standard InChI is InChI=1S/C9H10O3.H3NO3S/c10-6-5-7-3-1-2-4-8(7)9(11)12;1-5(2,3)4/h1-4,10H,5-6H2,(H,11,12);(H3,1,2,3,4). The summed E-state index contributed by atoms with van der Waals surface area (Å²) < 4.78 is 25.2. The Kier molecular flexibility index (Phi) is 6.36. The highest BCUT2D eigenvalue weighted by atomic mass is 32.2. The molecule has 1 aromatic rings. The van der Waals surface area contributed by atoms with Crippen molar-refractivity contribution in [1.82, 2.24) is 0 Å². The van der Waals surface area contributed by atoms with Gasteiger partial charge in [0.2, 0.25) is 0 Å². The molecule has 7 nitrogen and oxygen atoms in total. The maximum absolute atomic E-state index is 10.6. The summed E-state index contributed by atoms with van der Waals surface area (Å²) in [6, 6.07) is 6.68. The third-order valence-corrected chi connectivity index (χ3v) is 1.63. The predicted octanol–water partition coefficient (Wildman–Crippen LogP) is -0.332. The number of carboxylic acids is 1. The van der Waals surface area contributed by atoms with Crippen LogP contribution in [0.5, 0.6) is 0 Å². The summed E-state index contributed by atoms with van der Waals surface area (Å²) in [6.07, 6.45) is 0.391. The molecule has 0 aliphatic carbocycles. The number of aliphatic hydroxyl groups is 1. The van der Waals surface area contributed by atoms with Crippen molar-refractivity contribution < 1.29 is 28.0 Å². The fraction of sp³-hybridized carbons (Fsp3) is 0.222. The summed E-state index contributed by atoms with van der Waals surface area (Å²) in [5, 5.41) is 21.2. The third-order valence-electron chi connectivity index (χ3n) is 1.63. The van der Waals surface area contributed by atoms with Crippen LogP contribution in [-0.2, 0) is 16.7 Å². The van der Waals surface area contributed by atoms with Crippen molar-refractivity contribution in [1.29, 1.82) is 0 Å². The molecule has 1 rings (SSSR count). The second-order valence-electron chi connectivity index (χ2n) is 2.95. The molecular formula is C9H13NO6S. The molecule has 0 heterocycles. The molecule has 1 aromatic carbocycles. The molecule has 8 heteroatoms. The van der Waals surface area contributed by atoms with Crippen LogP contribution in [0.1, 0.15) is 15.9 Å². The molecule has 0 aliphatic rings. The SMILES string of the molecule is NS(=O)(=O)O.O=C(O)c1ccccc1CCO. The molecule has 17 heavy (non-hydrogen) atoms. The minimum absolute atomic E-state index is 0.0235. The molecule has 0 unspecified atom stereocenters. The Labute approximate surface area is 98.4 Å². The number of carboxylic acid groups (broad SMARTS) is 1. The first-order valence-corrected chi connectivity index (χ1v) is 5.93. The second kappa shape index (κ2) is 6.97. The van der Waals surface area contributed by atoms with Gasteiger partial charge in [-0.25, -0.2) is 9.93 Å². The minimum Gasteiger partial charge on any atom is -0.478 e. The maximum Gasteiger partial charge on any atom is 0.335 e. The summed E-state index contributed by atoms with van der Waals surface area (Å²) in [6.45, 7) is -0.0235. The van der Waals surface area contributed by atoms with Gasteiger partial charge >= 0.3 is 16.3 Å². The average molecular weight is 263 g/mol. The van der Waals surface area contributed by atoms with Gasteiger partial charge in [-0.3, -0.25) is 4.55 Å². The lowest BCUT2D eigenvalue weighted by Gasteiger charge is -2.02. The summed E-state index contributed by atoms with van der Waals surface area (Å²) in [5.41, 5.74) is 0.944. The lowest BCUT2D eigenvalue weighted by molar-refractivity contribution is 0.0695. The highest BCUT2D eigenvalue weighted by Crippen LogP contribution is 2.08. The van der Waals surface area contributed by atoms with E-state index >= 15 is 0 Å². The van der Waals surface area contributed by atoms with Crippen LogP contribution >= 0.6 is 0 Å². The number of aromatic carboxylic acids is 1. The van der Waals surface area contributed by atoms with E-state index in [0.29, 0.717) is 12.0 Å². The van der Waals surface area contributed by atoms with Gasteiger partial charge in [-0.1, -0.05) is 18.2 Å². The molecule has 0 amide bonds. The number of aliphatic hydroxyl groups excluding tert-OH is 1. The normalized spacial score (nSPS) is 10.3. The van der Waals surface area contributed by atoms with Gasteiger partial charge in [0.1, 0.15) is 0 Å². The van der Waals surface area contributed by atoms with Crippen molar-refractivity contribution in [3.8, 4) is 0 Å². The van der Waals surface area contributed by atoms with Gasteiger partial charge in [0.05, 0.1) is 5.56 Å². The van der Waals surface area contributed by atoms with Crippen molar-refractivity contribution in [3.05, 3.63) is 35.4 Å². The minimum atomic E-state index is -4.17. The molecule has 96 valence electrons. The van der Waals surface area contributed by atoms with E-state index in [9.17, 15) is 4.79 Å². The van der Waals surface area contributed by atoms with Crippen LogP contribution in [0, 0.1) is 0 Å². The van der Waals surface area contributed by atoms with Crippen molar-refractivity contribution in [2.75, 3.05) is 6.61 Å². The topological polar surface area (TPSA) is 138 Å². The monoisotopic (exact) mass is 263 g/mol. The molecule has 0 radical (unpaired) electrons. The Morgan fingerprint density at radius 1 is 1.29 bits per heavy atom. The van der Waals surface area contributed by atoms with Gasteiger partial charge in [-0.05, 0) is 18.1 Å². The molecule has 5 N–H and O–H groups in total. The molecule has 0 spiro atoms. The molecule has 0 aromatic heterocycles. The molecule has 0 saturated carbocycles. The Morgan fingerprint density at radius 3 is 2.18 bits per heavy atom. The maximum atomic E-state index is 10.6. The second-order valence-corrected chi connectivity index (χ2v) is 3.98. The van der Waals surface area contributed by atoms with E-state index in [-0.39, 0.29) is 12.2 Å². The van der Waals surface area contributed by atoms with Gasteiger partial charge in [-0.15, -0.1) is 0 Å². The van der Waals surface area contributed by atoms with Crippen LogP contribution in [0.2, 0.25) is 0 Å². The van der Waals surface area contributed by atoms with E-state index in [1.54, 1.807) is 18.2 Å². The third kappa shape index (κ3) is 8.34. The van der Waals surface area contributed by atoms with Crippen LogP contribution in [0.3, 0.4) is 0 Å². The van der Waals surface area contributed by atoms with E-state index in [4.69, 9.17) is 23.2 Å². The Bertz CT molecular complexity index is 462.